The third kappa shape index (κ3) is 1.50. The van der Waals surface area contributed by atoms with Gasteiger partial charge in [0.1, 0.15) is 5.60 Å². The summed E-state index contributed by atoms with van der Waals surface area (Å²) in [5.41, 5.74) is 0.0856. The number of carbonyl (C=O) groups excluding carboxylic acids is 1. The second kappa shape index (κ2) is 2.53. The van der Waals surface area contributed by atoms with E-state index >= 15 is 0 Å². The maximum Gasteiger partial charge on any atom is 0.334 e. The van der Waals surface area contributed by atoms with Crippen LogP contribution in [0.25, 0.3) is 0 Å². The fourth-order valence-electron chi connectivity index (χ4n) is 0.980. The Morgan fingerprint density at radius 2 is 2.36 bits per heavy atom. The zero-order valence-electron chi connectivity index (χ0n) is 6.72. The van der Waals surface area contributed by atoms with Crippen molar-refractivity contribution in [3.8, 4) is 0 Å². The highest BCUT2D eigenvalue weighted by Crippen LogP contribution is 2.28. The highest BCUT2D eigenvalue weighted by molar-refractivity contribution is 5.88. The molecule has 1 unspecified atom stereocenters. The molecule has 2 heteroatoms. The number of carbonyl (C=O) groups is 1. The molecular weight excluding hydrogens is 140 g/mol. The lowest BCUT2D eigenvalue weighted by molar-refractivity contribution is -0.152. The normalized spacial score (nSPS) is 31.4. The van der Waals surface area contributed by atoms with E-state index in [-0.39, 0.29) is 5.97 Å². The van der Waals surface area contributed by atoms with Crippen LogP contribution >= 0.6 is 0 Å². The lowest BCUT2D eigenvalue weighted by atomic mass is 9.94. The molecule has 0 aromatic carbocycles. The molecule has 11 heavy (non-hydrogen) atoms. The first-order valence-electron chi connectivity index (χ1n) is 3.62. The fraction of sp³-hybridized carbons (Fsp3) is 0.444. The van der Waals surface area contributed by atoms with E-state index in [4.69, 9.17) is 4.74 Å². The van der Waals surface area contributed by atoms with Crippen LogP contribution in [-0.2, 0) is 9.53 Å². The van der Waals surface area contributed by atoms with E-state index in [1.54, 1.807) is 6.08 Å². The molecule has 1 atom stereocenters. The molecule has 0 bridgehead atoms. The summed E-state index contributed by atoms with van der Waals surface area (Å²) in [5.74, 6) is -0.293. The molecule has 1 heterocycles. The van der Waals surface area contributed by atoms with Gasteiger partial charge in [-0.05, 0) is 25.8 Å². The Morgan fingerprint density at radius 1 is 1.73 bits per heavy atom. The number of cyclic esters (lactones) is 1. The Hall–Kier alpha value is -1.05. The fourth-order valence-corrected chi connectivity index (χ4v) is 0.980. The number of hydrogen-bond donors (Lipinski definition) is 0. The summed E-state index contributed by atoms with van der Waals surface area (Å²) >= 11 is 0. The maximum atomic E-state index is 11.0. The van der Waals surface area contributed by atoms with Crippen molar-refractivity contribution < 1.29 is 9.53 Å². The van der Waals surface area contributed by atoms with Crippen LogP contribution in [0.2, 0.25) is 0 Å². The van der Waals surface area contributed by atoms with Gasteiger partial charge in [-0.25, -0.2) is 4.79 Å². The van der Waals surface area contributed by atoms with Gasteiger partial charge in [-0.1, -0.05) is 13.2 Å². The first-order chi connectivity index (χ1) is 5.07. The molecule has 1 fully saturated rings. The molecule has 1 aliphatic heterocycles. The summed E-state index contributed by atoms with van der Waals surface area (Å²) in [6.07, 6.45) is 3.17. The van der Waals surface area contributed by atoms with Crippen molar-refractivity contribution in [1.29, 1.82) is 0 Å². The molecule has 2 nitrogen and oxygen atoms in total. The van der Waals surface area contributed by atoms with E-state index in [1.165, 1.54) is 0 Å². The van der Waals surface area contributed by atoms with E-state index in [0.717, 1.165) is 6.42 Å². The molecule has 60 valence electrons. The van der Waals surface area contributed by atoms with Gasteiger partial charge in [0, 0.05) is 5.57 Å². The Morgan fingerprint density at radius 3 is 2.82 bits per heavy atom. The number of rotatable bonds is 1. The van der Waals surface area contributed by atoms with Gasteiger partial charge in [0.2, 0.25) is 0 Å². The van der Waals surface area contributed by atoms with Crippen molar-refractivity contribution in [3.63, 3.8) is 0 Å². The summed E-state index contributed by atoms with van der Waals surface area (Å²) in [6.45, 7) is 9.05. The molecule has 0 N–H and O–H groups in total. The lowest BCUT2D eigenvalue weighted by Crippen LogP contribution is -2.34. The third-order valence-corrected chi connectivity index (χ3v) is 1.97. The monoisotopic (exact) mass is 152 g/mol. The quantitative estimate of drug-likeness (QED) is 0.325. The molecule has 0 spiro atoms. The summed E-state index contributed by atoms with van der Waals surface area (Å²) in [6, 6.07) is 0. The van der Waals surface area contributed by atoms with Crippen LogP contribution in [0.3, 0.4) is 0 Å². The van der Waals surface area contributed by atoms with Gasteiger partial charge in [0.15, 0.2) is 0 Å². The largest absolute Gasteiger partial charge is 0.452 e. The van der Waals surface area contributed by atoms with E-state index in [9.17, 15) is 4.79 Å². The maximum absolute atomic E-state index is 11.0. The number of hydrogen-bond acceptors (Lipinski definition) is 2. The molecule has 0 aromatic heterocycles. The van der Waals surface area contributed by atoms with E-state index in [1.807, 2.05) is 6.92 Å². The molecule has 1 saturated heterocycles. The van der Waals surface area contributed by atoms with E-state index < -0.39 is 5.60 Å². The van der Waals surface area contributed by atoms with Gasteiger partial charge in [-0.3, -0.25) is 0 Å². The van der Waals surface area contributed by atoms with Crippen LogP contribution in [0.5, 0.6) is 0 Å². The van der Waals surface area contributed by atoms with E-state index in [0.29, 0.717) is 12.0 Å². The second-order valence-corrected chi connectivity index (χ2v) is 3.01. The first-order valence-corrected chi connectivity index (χ1v) is 3.62. The van der Waals surface area contributed by atoms with Crippen molar-refractivity contribution in [2.45, 2.75) is 25.4 Å². The van der Waals surface area contributed by atoms with Crippen LogP contribution in [-0.4, -0.2) is 11.6 Å². The van der Waals surface area contributed by atoms with Gasteiger partial charge in [-0.15, -0.1) is 0 Å². The van der Waals surface area contributed by atoms with Crippen molar-refractivity contribution in [2.24, 2.45) is 0 Å². The van der Waals surface area contributed by atoms with Crippen molar-refractivity contribution in [2.75, 3.05) is 0 Å². The van der Waals surface area contributed by atoms with Crippen molar-refractivity contribution >= 4 is 5.97 Å². The average Bonchev–Trinajstić information content (AvgIpc) is 1.98. The second-order valence-electron chi connectivity index (χ2n) is 3.01. The highest BCUT2D eigenvalue weighted by Gasteiger charge is 2.31. The molecule has 0 amide bonds. The topological polar surface area (TPSA) is 26.3 Å². The number of ether oxygens (including phenoxy) is 1. The average molecular weight is 152 g/mol. The van der Waals surface area contributed by atoms with Crippen LogP contribution in [0.4, 0.5) is 0 Å². The Bertz CT molecular complexity index is 218. The molecule has 0 aliphatic carbocycles. The third-order valence-electron chi connectivity index (χ3n) is 1.97. The minimum Gasteiger partial charge on any atom is -0.452 e. The molecular formula is C9H12O2. The van der Waals surface area contributed by atoms with Gasteiger partial charge < -0.3 is 4.74 Å². The van der Waals surface area contributed by atoms with Crippen LogP contribution in [0.1, 0.15) is 19.8 Å². The predicted molar refractivity (Wildman–Crippen MR) is 43.1 cm³/mol. The van der Waals surface area contributed by atoms with E-state index in [2.05, 4.69) is 13.2 Å². The van der Waals surface area contributed by atoms with Crippen LogP contribution < -0.4 is 0 Å². The highest BCUT2D eigenvalue weighted by atomic mass is 16.6. The van der Waals surface area contributed by atoms with Gasteiger partial charge in [-0.2, -0.15) is 0 Å². The molecule has 0 radical (unpaired) electrons. The summed E-state index contributed by atoms with van der Waals surface area (Å²) in [4.78, 5) is 11.0. The van der Waals surface area contributed by atoms with Gasteiger partial charge in [0.25, 0.3) is 0 Å². The lowest BCUT2D eigenvalue weighted by Gasteiger charge is -2.30. The molecule has 1 rings (SSSR count). The van der Waals surface area contributed by atoms with Crippen molar-refractivity contribution in [3.05, 3.63) is 24.8 Å². The van der Waals surface area contributed by atoms with Gasteiger partial charge >= 0.3 is 5.97 Å². The molecule has 0 saturated carbocycles. The summed E-state index contributed by atoms with van der Waals surface area (Å²) in [5, 5.41) is 0. The molecule has 0 aromatic rings. The predicted octanol–water partition coefficient (Wildman–Crippen LogP) is 1.82. The minimum absolute atomic E-state index is 0.293. The Kier molecular flexibility index (Phi) is 1.85. The number of esters is 1. The van der Waals surface area contributed by atoms with Crippen LogP contribution in [0.15, 0.2) is 24.8 Å². The Balaban J connectivity index is 2.73. The summed E-state index contributed by atoms with van der Waals surface area (Å²) < 4.78 is 5.08. The van der Waals surface area contributed by atoms with Crippen LogP contribution in [0, 0.1) is 0 Å². The first kappa shape index (κ1) is 8.05. The standard InChI is InChI=1S/C9H12O2/c1-4-9(3)6-5-7(2)8(10)11-9/h4H,1-2,5-6H2,3H3. The van der Waals surface area contributed by atoms with Crippen molar-refractivity contribution in [1.82, 2.24) is 0 Å². The Labute approximate surface area is 66.5 Å². The molecule has 1 aliphatic rings. The zero-order chi connectivity index (χ0) is 8.48. The summed E-state index contributed by atoms with van der Waals surface area (Å²) in [7, 11) is 0. The SMILES string of the molecule is C=CC1(C)CCC(=C)C(=O)O1. The smallest absolute Gasteiger partial charge is 0.334 e. The zero-order valence-corrected chi connectivity index (χ0v) is 6.72. The van der Waals surface area contributed by atoms with Gasteiger partial charge in [0.05, 0.1) is 0 Å². The minimum atomic E-state index is -0.474.